The minimum Gasteiger partial charge on any atom is -0.508 e. The molecule has 3 aromatic carbocycles. The molecule has 1 atom stereocenters. The van der Waals surface area contributed by atoms with E-state index in [1.54, 1.807) is 24.3 Å². The van der Waals surface area contributed by atoms with Gasteiger partial charge in [-0.25, -0.2) is 9.18 Å². The van der Waals surface area contributed by atoms with Crippen LogP contribution < -0.4 is 5.32 Å². The van der Waals surface area contributed by atoms with Gasteiger partial charge in [-0.2, -0.15) is 0 Å². The van der Waals surface area contributed by atoms with Gasteiger partial charge in [0.1, 0.15) is 11.6 Å². The smallest absolute Gasteiger partial charge is 0.407 e. The molecule has 3 rings (SSSR count). The number of phenols is 1. The molecule has 0 aliphatic heterocycles. The van der Waals surface area contributed by atoms with E-state index in [1.807, 2.05) is 24.3 Å². The molecule has 0 radical (unpaired) electrons. The van der Waals surface area contributed by atoms with Crippen molar-refractivity contribution in [1.82, 2.24) is 5.32 Å². The van der Waals surface area contributed by atoms with Gasteiger partial charge >= 0.3 is 6.09 Å². The van der Waals surface area contributed by atoms with Crippen LogP contribution in [0.3, 0.4) is 0 Å². The molecule has 0 saturated heterocycles. The van der Waals surface area contributed by atoms with Crippen LogP contribution >= 0.6 is 0 Å². The van der Waals surface area contributed by atoms with E-state index in [4.69, 9.17) is 4.74 Å². The number of nitrogens with one attached hydrogen (secondary N) is 1. The summed E-state index contributed by atoms with van der Waals surface area (Å²) < 4.78 is 17.9. The third-order valence-corrected chi connectivity index (χ3v) is 3.89. The molecular weight excluding hydrogens is 309 g/mol. The van der Waals surface area contributed by atoms with Gasteiger partial charge in [0.05, 0.1) is 13.2 Å². The summed E-state index contributed by atoms with van der Waals surface area (Å²) in [6.45, 7) is 0. The van der Waals surface area contributed by atoms with Crippen LogP contribution in [0.5, 0.6) is 5.75 Å². The Morgan fingerprint density at radius 1 is 1.08 bits per heavy atom. The van der Waals surface area contributed by atoms with Crippen LogP contribution in [0.4, 0.5) is 9.18 Å². The normalized spacial score (nSPS) is 11.9. The molecule has 2 N–H and O–H groups in total. The first-order valence-corrected chi connectivity index (χ1v) is 7.40. The number of carbonyl (C=O) groups is 1. The largest absolute Gasteiger partial charge is 0.508 e. The number of phenolic OH excluding ortho intramolecular Hbond substituents is 1. The average molecular weight is 325 g/mol. The SMILES string of the molecule is COC(=O)NC(c1ccc(F)cc1)c1c(O)ccc2ccccc12. The van der Waals surface area contributed by atoms with Gasteiger partial charge in [0.25, 0.3) is 0 Å². The number of aromatic hydroxyl groups is 1. The Bertz CT molecular complexity index is 877. The maximum Gasteiger partial charge on any atom is 0.407 e. The molecule has 0 spiro atoms. The van der Waals surface area contributed by atoms with E-state index >= 15 is 0 Å². The van der Waals surface area contributed by atoms with Crippen LogP contribution in [-0.4, -0.2) is 18.3 Å². The lowest BCUT2D eigenvalue weighted by molar-refractivity contribution is 0.168. The predicted octanol–water partition coefficient (Wildman–Crippen LogP) is 4.13. The van der Waals surface area contributed by atoms with E-state index in [-0.39, 0.29) is 11.6 Å². The quantitative estimate of drug-likeness (QED) is 0.761. The summed E-state index contributed by atoms with van der Waals surface area (Å²) in [6.07, 6.45) is -0.642. The number of carbonyl (C=O) groups excluding carboxylic acids is 1. The first kappa shape index (κ1) is 15.8. The van der Waals surface area contributed by atoms with Crippen molar-refractivity contribution in [3.8, 4) is 5.75 Å². The number of ether oxygens (including phenoxy) is 1. The number of alkyl carbamates (subject to hydrolysis) is 1. The minimum atomic E-state index is -0.677. The fourth-order valence-corrected chi connectivity index (χ4v) is 2.74. The molecule has 0 fully saturated rings. The van der Waals surface area contributed by atoms with E-state index < -0.39 is 12.1 Å². The van der Waals surface area contributed by atoms with E-state index in [0.29, 0.717) is 11.1 Å². The third-order valence-electron chi connectivity index (χ3n) is 3.89. The molecule has 0 aromatic heterocycles. The molecule has 122 valence electrons. The van der Waals surface area contributed by atoms with Gasteiger partial charge in [0.2, 0.25) is 0 Å². The number of methoxy groups -OCH3 is 1. The van der Waals surface area contributed by atoms with E-state index in [1.165, 1.54) is 19.2 Å². The zero-order chi connectivity index (χ0) is 17.1. The molecule has 3 aromatic rings. The van der Waals surface area contributed by atoms with Crippen molar-refractivity contribution in [2.45, 2.75) is 6.04 Å². The van der Waals surface area contributed by atoms with Gasteiger partial charge in [-0.1, -0.05) is 42.5 Å². The predicted molar refractivity (Wildman–Crippen MR) is 89.4 cm³/mol. The number of fused-ring (bicyclic) bond motifs is 1. The lowest BCUT2D eigenvalue weighted by Crippen LogP contribution is -2.29. The minimum absolute atomic E-state index is 0.0411. The van der Waals surface area contributed by atoms with E-state index in [9.17, 15) is 14.3 Å². The second-order valence-corrected chi connectivity index (χ2v) is 5.34. The Morgan fingerprint density at radius 3 is 2.50 bits per heavy atom. The molecule has 4 nitrogen and oxygen atoms in total. The standard InChI is InChI=1S/C19H16FNO3/c1-24-19(23)21-18(13-6-9-14(20)10-7-13)17-15-5-3-2-4-12(15)8-11-16(17)22/h2-11,18,22H,1H3,(H,21,23). The molecule has 0 heterocycles. The Morgan fingerprint density at radius 2 is 1.79 bits per heavy atom. The van der Waals surface area contributed by atoms with E-state index in [0.717, 1.165) is 10.8 Å². The van der Waals surface area contributed by atoms with Crippen molar-refractivity contribution < 1.29 is 19.0 Å². The first-order chi connectivity index (χ1) is 11.6. The zero-order valence-corrected chi connectivity index (χ0v) is 13.0. The zero-order valence-electron chi connectivity index (χ0n) is 13.0. The molecule has 0 bridgehead atoms. The van der Waals surface area contributed by atoms with Gasteiger partial charge in [0.15, 0.2) is 0 Å². The molecule has 0 saturated carbocycles. The topological polar surface area (TPSA) is 58.6 Å². The first-order valence-electron chi connectivity index (χ1n) is 7.40. The van der Waals surface area contributed by atoms with Crippen LogP contribution in [0, 0.1) is 5.82 Å². The lowest BCUT2D eigenvalue weighted by Gasteiger charge is -2.22. The Balaban J connectivity index is 2.20. The van der Waals surface area contributed by atoms with Gasteiger partial charge in [-0.3, -0.25) is 0 Å². The number of hydrogen-bond acceptors (Lipinski definition) is 3. The number of halogens is 1. The van der Waals surface area contributed by atoms with Crippen molar-refractivity contribution >= 4 is 16.9 Å². The van der Waals surface area contributed by atoms with Crippen LogP contribution in [-0.2, 0) is 4.74 Å². The third kappa shape index (κ3) is 3.01. The van der Waals surface area contributed by atoms with E-state index in [2.05, 4.69) is 5.32 Å². The molecule has 5 heteroatoms. The second kappa shape index (κ2) is 6.58. The number of hydrogen-bond donors (Lipinski definition) is 2. The fraction of sp³-hybridized carbons (Fsp3) is 0.105. The van der Waals surface area contributed by atoms with Gasteiger partial charge in [-0.05, 0) is 34.5 Å². The molecule has 0 aliphatic carbocycles. The second-order valence-electron chi connectivity index (χ2n) is 5.34. The fourth-order valence-electron chi connectivity index (χ4n) is 2.74. The summed E-state index contributed by atoms with van der Waals surface area (Å²) in [5, 5.41) is 14.8. The van der Waals surface area contributed by atoms with Gasteiger partial charge < -0.3 is 15.2 Å². The molecule has 24 heavy (non-hydrogen) atoms. The van der Waals surface area contributed by atoms with Crippen molar-refractivity contribution in [3.63, 3.8) is 0 Å². The Kier molecular flexibility index (Phi) is 4.33. The van der Waals surface area contributed by atoms with Crippen LogP contribution in [0.15, 0.2) is 60.7 Å². The van der Waals surface area contributed by atoms with Gasteiger partial charge in [0, 0.05) is 5.56 Å². The summed E-state index contributed by atoms with van der Waals surface area (Å²) >= 11 is 0. The van der Waals surface area contributed by atoms with Crippen molar-refractivity contribution in [2.24, 2.45) is 0 Å². The highest BCUT2D eigenvalue weighted by atomic mass is 19.1. The van der Waals surface area contributed by atoms with Crippen molar-refractivity contribution in [3.05, 3.63) is 77.6 Å². The van der Waals surface area contributed by atoms with Crippen molar-refractivity contribution in [2.75, 3.05) is 7.11 Å². The van der Waals surface area contributed by atoms with Crippen LogP contribution in [0.25, 0.3) is 10.8 Å². The average Bonchev–Trinajstić information content (AvgIpc) is 2.61. The highest BCUT2D eigenvalue weighted by Gasteiger charge is 2.22. The summed E-state index contributed by atoms with van der Waals surface area (Å²) in [5.41, 5.74) is 1.17. The summed E-state index contributed by atoms with van der Waals surface area (Å²) in [6, 6.07) is 16.0. The maximum atomic E-state index is 13.3. The summed E-state index contributed by atoms with van der Waals surface area (Å²) in [4.78, 5) is 11.8. The van der Waals surface area contributed by atoms with Crippen LogP contribution in [0.1, 0.15) is 17.2 Å². The summed E-state index contributed by atoms with van der Waals surface area (Å²) in [7, 11) is 1.26. The highest BCUT2D eigenvalue weighted by molar-refractivity contribution is 5.89. The number of benzene rings is 3. The monoisotopic (exact) mass is 325 g/mol. The number of rotatable bonds is 3. The van der Waals surface area contributed by atoms with Gasteiger partial charge in [-0.15, -0.1) is 0 Å². The Labute approximate surface area is 138 Å². The Hall–Kier alpha value is -3.08. The highest BCUT2D eigenvalue weighted by Crippen LogP contribution is 2.35. The molecule has 1 amide bonds. The molecule has 1 unspecified atom stereocenters. The lowest BCUT2D eigenvalue weighted by atomic mass is 9.93. The van der Waals surface area contributed by atoms with Crippen LogP contribution in [0.2, 0.25) is 0 Å². The maximum absolute atomic E-state index is 13.3. The number of amides is 1. The molecular formula is C19H16FNO3. The summed E-state index contributed by atoms with van der Waals surface area (Å²) in [5.74, 6) is -0.336. The van der Waals surface area contributed by atoms with Crippen molar-refractivity contribution in [1.29, 1.82) is 0 Å². The molecule has 0 aliphatic rings.